The van der Waals surface area contributed by atoms with Crippen LogP contribution in [0.5, 0.6) is 0 Å². The smallest absolute Gasteiger partial charge is 0.289 e. The predicted molar refractivity (Wildman–Crippen MR) is 104 cm³/mol. The van der Waals surface area contributed by atoms with E-state index in [2.05, 4.69) is 16.9 Å². The van der Waals surface area contributed by atoms with Crippen LogP contribution in [-0.4, -0.2) is 39.6 Å². The van der Waals surface area contributed by atoms with Gasteiger partial charge in [-0.15, -0.1) is 0 Å². The maximum Gasteiger partial charge on any atom is 0.289 e. The molecule has 1 unspecified atom stereocenters. The van der Waals surface area contributed by atoms with Gasteiger partial charge in [0.25, 0.3) is 5.91 Å². The van der Waals surface area contributed by atoms with Gasteiger partial charge >= 0.3 is 0 Å². The maximum atomic E-state index is 12.9. The highest BCUT2D eigenvalue weighted by Crippen LogP contribution is 2.27. The van der Waals surface area contributed by atoms with E-state index in [1.807, 2.05) is 35.7 Å². The molecule has 1 atom stereocenters. The molecule has 0 aliphatic carbocycles. The fourth-order valence-corrected chi connectivity index (χ4v) is 4.44. The van der Waals surface area contributed by atoms with Crippen LogP contribution in [0, 0.1) is 6.92 Å². The Balaban J connectivity index is 1.63. The average Bonchev–Trinajstić information content (AvgIpc) is 3.06. The van der Waals surface area contributed by atoms with Crippen molar-refractivity contribution in [1.82, 2.24) is 14.9 Å². The number of likely N-dealkylation sites (tertiary alicyclic amines) is 1. The Morgan fingerprint density at radius 2 is 2.35 bits per heavy atom. The lowest BCUT2D eigenvalue weighted by atomic mass is 9.94. The third kappa shape index (κ3) is 4.67. The van der Waals surface area contributed by atoms with Crippen molar-refractivity contribution in [1.29, 1.82) is 0 Å². The Hall–Kier alpha value is -1.82. The molecule has 1 fully saturated rings. The van der Waals surface area contributed by atoms with Crippen LogP contribution in [0.3, 0.4) is 0 Å². The van der Waals surface area contributed by atoms with Gasteiger partial charge < -0.3 is 9.32 Å². The van der Waals surface area contributed by atoms with Crippen molar-refractivity contribution in [2.75, 3.05) is 18.8 Å². The van der Waals surface area contributed by atoms with E-state index in [1.165, 1.54) is 12.8 Å². The first kappa shape index (κ1) is 19.0. The van der Waals surface area contributed by atoms with Crippen LogP contribution in [0.15, 0.2) is 29.1 Å². The number of furan rings is 1. The number of hydrogen-bond donors (Lipinski definition) is 0. The van der Waals surface area contributed by atoms with Gasteiger partial charge in [-0.1, -0.05) is 13.3 Å². The minimum Gasteiger partial charge on any atom is -0.456 e. The summed E-state index contributed by atoms with van der Waals surface area (Å²) in [6.07, 6.45) is 7.82. The third-order valence-electron chi connectivity index (χ3n) is 4.86. The predicted octanol–water partition coefficient (Wildman–Crippen LogP) is 4.43. The molecule has 1 aliphatic heterocycles. The number of rotatable bonds is 7. The van der Waals surface area contributed by atoms with Crippen molar-refractivity contribution in [3.63, 3.8) is 0 Å². The first-order valence-corrected chi connectivity index (χ1v) is 10.6. The lowest BCUT2D eigenvalue weighted by molar-refractivity contribution is 0.0672. The lowest BCUT2D eigenvalue weighted by Gasteiger charge is -2.31. The minimum absolute atomic E-state index is 0.00309. The van der Waals surface area contributed by atoms with E-state index in [0.29, 0.717) is 12.3 Å². The molecule has 140 valence electrons. The second-order valence-electron chi connectivity index (χ2n) is 6.82. The summed E-state index contributed by atoms with van der Waals surface area (Å²) in [6, 6.07) is 3.88. The van der Waals surface area contributed by atoms with Crippen molar-refractivity contribution >= 4 is 17.7 Å². The van der Waals surface area contributed by atoms with Crippen LogP contribution in [0.2, 0.25) is 0 Å². The second kappa shape index (κ2) is 9.21. The van der Waals surface area contributed by atoms with Gasteiger partial charge in [0, 0.05) is 42.2 Å². The number of piperidine rings is 1. The Morgan fingerprint density at radius 3 is 3.12 bits per heavy atom. The first-order chi connectivity index (χ1) is 12.7. The third-order valence-corrected chi connectivity index (χ3v) is 5.96. The van der Waals surface area contributed by atoms with Crippen molar-refractivity contribution in [3.8, 4) is 0 Å². The molecular formula is C20H27N3O2S. The normalized spacial score (nSPS) is 17.5. The fraction of sp³-hybridized carbons (Fsp3) is 0.550. The number of carbonyl (C=O) groups excluding carboxylic acids is 1. The molecule has 0 radical (unpaired) electrons. The topological polar surface area (TPSA) is 59.2 Å². The summed E-state index contributed by atoms with van der Waals surface area (Å²) >= 11 is 1.90. The van der Waals surface area contributed by atoms with Gasteiger partial charge in [-0.2, -0.15) is 11.8 Å². The number of thioether (sulfide) groups is 1. The SMILES string of the molecule is CCCCSCc1cc(C(=O)N2CCCC(c3ccncn3)C2)oc1C. The molecule has 1 amide bonds. The molecular weight excluding hydrogens is 346 g/mol. The summed E-state index contributed by atoms with van der Waals surface area (Å²) in [7, 11) is 0. The highest BCUT2D eigenvalue weighted by molar-refractivity contribution is 7.98. The van der Waals surface area contributed by atoms with E-state index in [0.717, 1.165) is 47.9 Å². The summed E-state index contributed by atoms with van der Waals surface area (Å²) in [6.45, 7) is 5.62. The molecule has 3 rings (SSSR count). The van der Waals surface area contributed by atoms with Gasteiger partial charge in [0.1, 0.15) is 12.1 Å². The van der Waals surface area contributed by atoms with Crippen LogP contribution in [-0.2, 0) is 5.75 Å². The molecule has 0 saturated carbocycles. The van der Waals surface area contributed by atoms with Gasteiger partial charge in [-0.3, -0.25) is 4.79 Å². The molecule has 0 spiro atoms. The molecule has 6 heteroatoms. The highest BCUT2D eigenvalue weighted by Gasteiger charge is 2.28. The van der Waals surface area contributed by atoms with E-state index in [1.54, 1.807) is 12.5 Å². The van der Waals surface area contributed by atoms with Crippen molar-refractivity contribution in [2.24, 2.45) is 0 Å². The molecule has 0 bridgehead atoms. The maximum absolute atomic E-state index is 12.9. The number of amides is 1. The van der Waals surface area contributed by atoms with Gasteiger partial charge in [0.2, 0.25) is 0 Å². The standard InChI is InChI=1S/C20H27N3O2S/c1-3-4-10-26-13-17-11-19(25-15(17)2)20(24)23-9-5-6-16(12-23)18-7-8-21-14-22-18/h7-8,11,14,16H,3-6,9-10,12-13H2,1-2H3. The first-order valence-electron chi connectivity index (χ1n) is 9.41. The highest BCUT2D eigenvalue weighted by atomic mass is 32.2. The van der Waals surface area contributed by atoms with Crippen molar-refractivity contribution < 1.29 is 9.21 Å². The molecule has 3 heterocycles. The van der Waals surface area contributed by atoms with Gasteiger partial charge in [0.15, 0.2) is 5.76 Å². The molecule has 1 saturated heterocycles. The molecule has 0 N–H and O–H groups in total. The molecule has 0 aromatic carbocycles. The monoisotopic (exact) mass is 373 g/mol. The van der Waals surface area contributed by atoms with Crippen LogP contribution in [0.4, 0.5) is 0 Å². The van der Waals surface area contributed by atoms with Crippen LogP contribution in [0.25, 0.3) is 0 Å². The Bertz CT molecular complexity index is 717. The van der Waals surface area contributed by atoms with E-state index in [4.69, 9.17) is 4.42 Å². The quantitative estimate of drug-likeness (QED) is 0.672. The average molecular weight is 374 g/mol. The zero-order valence-corrected chi connectivity index (χ0v) is 16.4. The van der Waals surface area contributed by atoms with Crippen LogP contribution < -0.4 is 0 Å². The summed E-state index contributed by atoms with van der Waals surface area (Å²) in [4.78, 5) is 23.2. The van der Waals surface area contributed by atoms with E-state index in [-0.39, 0.29) is 11.8 Å². The summed E-state index contributed by atoms with van der Waals surface area (Å²) < 4.78 is 5.80. The minimum atomic E-state index is -0.00309. The van der Waals surface area contributed by atoms with E-state index in [9.17, 15) is 4.79 Å². The number of hydrogen-bond acceptors (Lipinski definition) is 5. The number of carbonyl (C=O) groups is 1. The molecule has 2 aromatic heterocycles. The molecule has 1 aliphatic rings. The zero-order chi connectivity index (χ0) is 18.4. The Labute approximate surface area is 159 Å². The molecule has 5 nitrogen and oxygen atoms in total. The molecule has 2 aromatic rings. The lowest BCUT2D eigenvalue weighted by Crippen LogP contribution is -2.39. The van der Waals surface area contributed by atoms with Gasteiger partial charge in [-0.25, -0.2) is 9.97 Å². The molecule has 26 heavy (non-hydrogen) atoms. The number of aryl methyl sites for hydroxylation is 1. The van der Waals surface area contributed by atoms with Crippen LogP contribution in [0.1, 0.15) is 66.1 Å². The Morgan fingerprint density at radius 1 is 1.46 bits per heavy atom. The van der Waals surface area contributed by atoms with Crippen LogP contribution >= 0.6 is 11.8 Å². The largest absolute Gasteiger partial charge is 0.456 e. The Kier molecular flexibility index (Phi) is 6.72. The number of aromatic nitrogens is 2. The summed E-state index contributed by atoms with van der Waals surface area (Å²) in [5.74, 6) is 3.66. The van der Waals surface area contributed by atoms with E-state index < -0.39 is 0 Å². The fourth-order valence-electron chi connectivity index (χ4n) is 3.30. The zero-order valence-electron chi connectivity index (χ0n) is 15.6. The van der Waals surface area contributed by atoms with Gasteiger partial charge in [-0.05, 0) is 44.1 Å². The summed E-state index contributed by atoms with van der Waals surface area (Å²) in [5, 5.41) is 0. The van der Waals surface area contributed by atoms with Crippen molar-refractivity contribution in [3.05, 3.63) is 47.4 Å². The van der Waals surface area contributed by atoms with E-state index >= 15 is 0 Å². The second-order valence-corrected chi connectivity index (χ2v) is 7.93. The number of nitrogens with zero attached hydrogens (tertiary/aromatic N) is 3. The van der Waals surface area contributed by atoms with Gasteiger partial charge in [0.05, 0.1) is 0 Å². The van der Waals surface area contributed by atoms with Crippen molar-refractivity contribution in [2.45, 2.75) is 51.2 Å². The number of unbranched alkanes of at least 4 members (excludes halogenated alkanes) is 1. The summed E-state index contributed by atoms with van der Waals surface area (Å²) in [5.41, 5.74) is 2.15.